The molecule has 9 heteroatoms. The highest BCUT2D eigenvalue weighted by Gasteiger charge is 2.36. The Bertz CT molecular complexity index is 1140. The van der Waals surface area contributed by atoms with E-state index in [2.05, 4.69) is 9.36 Å². The van der Waals surface area contributed by atoms with Gasteiger partial charge in [-0.25, -0.2) is 9.78 Å². The van der Waals surface area contributed by atoms with E-state index < -0.39 is 11.2 Å². The van der Waals surface area contributed by atoms with Gasteiger partial charge in [-0.1, -0.05) is 30.3 Å². The van der Waals surface area contributed by atoms with Gasteiger partial charge < -0.3 is 14.7 Å². The summed E-state index contributed by atoms with van der Waals surface area (Å²) in [5.74, 6) is 0. The Balaban J connectivity index is 1.50. The Morgan fingerprint density at radius 2 is 1.90 bits per heavy atom. The van der Waals surface area contributed by atoms with E-state index in [1.165, 1.54) is 10.9 Å². The number of likely N-dealkylation sites (tertiary alicyclic amines) is 1. The van der Waals surface area contributed by atoms with E-state index in [4.69, 9.17) is 4.74 Å². The highest BCUT2D eigenvalue weighted by Crippen LogP contribution is 2.28. The fourth-order valence-corrected chi connectivity index (χ4v) is 4.47. The van der Waals surface area contributed by atoms with E-state index in [1.54, 1.807) is 4.90 Å². The second kappa shape index (κ2) is 8.05. The minimum Gasteiger partial charge on any atom is -0.444 e. The van der Waals surface area contributed by atoms with Crippen LogP contribution in [0.1, 0.15) is 33.6 Å². The third-order valence-corrected chi connectivity index (χ3v) is 6.13. The van der Waals surface area contributed by atoms with Gasteiger partial charge in [0, 0.05) is 18.7 Å². The van der Waals surface area contributed by atoms with E-state index in [0.717, 1.165) is 17.1 Å². The van der Waals surface area contributed by atoms with Crippen LogP contribution in [0.15, 0.2) is 41.5 Å². The molecule has 3 heterocycles. The molecule has 31 heavy (non-hydrogen) atoms. The molecule has 3 aromatic rings. The van der Waals surface area contributed by atoms with Gasteiger partial charge in [0.1, 0.15) is 21.5 Å². The zero-order valence-corrected chi connectivity index (χ0v) is 18.7. The first-order valence-electron chi connectivity index (χ1n) is 10.3. The number of carbonyl (C=O) groups is 1. The number of aliphatic hydroxyl groups is 1. The predicted molar refractivity (Wildman–Crippen MR) is 119 cm³/mol. The first-order chi connectivity index (χ1) is 14.7. The normalized spacial score (nSPS) is 16.5. The molecule has 0 radical (unpaired) electrons. The zero-order valence-electron chi connectivity index (χ0n) is 17.9. The van der Waals surface area contributed by atoms with Crippen LogP contribution in [-0.4, -0.2) is 54.3 Å². The smallest absolute Gasteiger partial charge is 0.410 e. The molecule has 1 aliphatic rings. The van der Waals surface area contributed by atoms with Crippen LogP contribution in [0, 0.1) is 0 Å². The van der Waals surface area contributed by atoms with Crippen molar-refractivity contribution in [2.75, 3.05) is 13.1 Å². The van der Waals surface area contributed by atoms with Gasteiger partial charge in [0.05, 0.1) is 18.5 Å². The summed E-state index contributed by atoms with van der Waals surface area (Å²) in [4.78, 5) is 31.3. The van der Waals surface area contributed by atoms with Gasteiger partial charge in [-0.2, -0.15) is 4.37 Å². The average Bonchev–Trinajstić information content (AvgIpc) is 3.15. The molecule has 1 saturated heterocycles. The third kappa shape index (κ3) is 4.62. The maximum Gasteiger partial charge on any atom is 0.410 e. The van der Waals surface area contributed by atoms with Gasteiger partial charge >= 0.3 is 6.09 Å². The van der Waals surface area contributed by atoms with Gasteiger partial charge in [-0.15, -0.1) is 0 Å². The molecule has 1 fully saturated rings. The molecule has 0 aliphatic carbocycles. The van der Waals surface area contributed by atoms with Gasteiger partial charge in [-0.05, 0) is 45.1 Å². The van der Waals surface area contributed by atoms with Crippen LogP contribution < -0.4 is 5.56 Å². The molecule has 164 valence electrons. The second-order valence-corrected chi connectivity index (χ2v) is 9.72. The third-order valence-electron chi connectivity index (χ3n) is 5.31. The molecule has 0 spiro atoms. The molecule has 0 unspecified atom stereocenters. The first-order valence-corrected chi connectivity index (χ1v) is 11.0. The summed E-state index contributed by atoms with van der Waals surface area (Å²) in [6.45, 7) is 6.33. The summed E-state index contributed by atoms with van der Waals surface area (Å²) in [7, 11) is 0. The number of nitrogens with zero attached hydrogens (tertiary/aromatic N) is 4. The summed E-state index contributed by atoms with van der Waals surface area (Å²) < 4.78 is 11.8. The standard InChI is InChI=1S/C22H26N4O4S/c1-21(2,3)30-20(28)25-11-9-22(29,10-12-25)13-26-14-23-17-16(15-7-5-4-6-8-15)24-31-18(17)19(26)27/h4-8,14,29H,9-13H2,1-3H3. The minimum atomic E-state index is -1.09. The van der Waals surface area contributed by atoms with Crippen molar-refractivity contribution in [1.82, 2.24) is 18.8 Å². The van der Waals surface area contributed by atoms with Gasteiger partial charge in [0.25, 0.3) is 5.56 Å². The number of fused-ring (bicyclic) bond motifs is 1. The number of rotatable bonds is 3. The van der Waals surface area contributed by atoms with Crippen LogP contribution in [0.3, 0.4) is 0 Å². The van der Waals surface area contributed by atoms with Crippen LogP contribution in [0.4, 0.5) is 4.79 Å². The number of piperidine rings is 1. The predicted octanol–water partition coefficient (Wildman–Crippen LogP) is 3.28. The van der Waals surface area contributed by atoms with Crippen molar-refractivity contribution in [2.24, 2.45) is 0 Å². The molecule has 1 amide bonds. The SMILES string of the molecule is CC(C)(C)OC(=O)N1CCC(O)(Cn2cnc3c(-c4ccccc4)nsc3c2=O)CC1. The second-order valence-electron chi connectivity index (χ2n) is 8.94. The van der Waals surface area contributed by atoms with Crippen LogP contribution in [0.25, 0.3) is 21.5 Å². The van der Waals surface area contributed by atoms with Crippen LogP contribution in [0.2, 0.25) is 0 Å². The molecule has 0 saturated carbocycles. The van der Waals surface area contributed by atoms with Crippen LogP contribution in [0.5, 0.6) is 0 Å². The summed E-state index contributed by atoms with van der Waals surface area (Å²) >= 11 is 1.12. The van der Waals surface area contributed by atoms with Crippen molar-refractivity contribution >= 4 is 27.8 Å². The number of hydrogen-bond acceptors (Lipinski definition) is 7. The van der Waals surface area contributed by atoms with Gasteiger partial charge in [0.15, 0.2) is 0 Å². The van der Waals surface area contributed by atoms with Gasteiger partial charge in [0.2, 0.25) is 0 Å². The number of hydrogen-bond donors (Lipinski definition) is 1. The molecule has 2 aromatic heterocycles. The first kappa shape index (κ1) is 21.5. The summed E-state index contributed by atoms with van der Waals surface area (Å²) in [5.41, 5.74) is 0.301. The van der Waals surface area contributed by atoms with Crippen molar-refractivity contribution in [3.8, 4) is 11.3 Å². The van der Waals surface area contributed by atoms with Crippen molar-refractivity contribution in [3.05, 3.63) is 47.0 Å². The molecule has 8 nitrogen and oxygen atoms in total. The molecule has 4 rings (SSSR count). The van der Waals surface area contributed by atoms with Crippen molar-refractivity contribution < 1.29 is 14.6 Å². The average molecular weight is 443 g/mol. The van der Waals surface area contributed by atoms with Crippen molar-refractivity contribution in [2.45, 2.75) is 51.4 Å². The van der Waals surface area contributed by atoms with Crippen molar-refractivity contribution in [3.63, 3.8) is 0 Å². The number of benzene rings is 1. The highest BCUT2D eigenvalue weighted by atomic mass is 32.1. The van der Waals surface area contributed by atoms with Crippen LogP contribution >= 0.6 is 11.5 Å². The topological polar surface area (TPSA) is 97.6 Å². The molecule has 1 N–H and O–H groups in total. The van der Waals surface area contributed by atoms with E-state index >= 15 is 0 Å². The van der Waals surface area contributed by atoms with E-state index in [0.29, 0.717) is 41.8 Å². The molecule has 0 atom stereocenters. The Morgan fingerprint density at radius 3 is 2.55 bits per heavy atom. The molecular weight excluding hydrogens is 416 g/mol. The lowest BCUT2D eigenvalue weighted by atomic mass is 9.91. The number of ether oxygens (including phenoxy) is 1. The van der Waals surface area contributed by atoms with Crippen molar-refractivity contribution in [1.29, 1.82) is 0 Å². The summed E-state index contributed by atoms with van der Waals surface area (Å²) in [5, 5.41) is 11.1. The summed E-state index contributed by atoms with van der Waals surface area (Å²) in [6, 6.07) is 9.63. The number of aromatic nitrogens is 3. The Labute approximate surface area is 184 Å². The lowest BCUT2D eigenvalue weighted by Crippen LogP contribution is -2.50. The monoisotopic (exact) mass is 442 g/mol. The largest absolute Gasteiger partial charge is 0.444 e. The maximum absolute atomic E-state index is 13.0. The molecule has 1 aromatic carbocycles. The molecule has 0 bridgehead atoms. The van der Waals surface area contributed by atoms with Crippen LogP contribution in [-0.2, 0) is 11.3 Å². The minimum absolute atomic E-state index is 0.121. The Morgan fingerprint density at radius 1 is 1.23 bits per heavy atom. The Kier molecular flexibility index (Phi) is 5.57. The van der Waals surface area contributed by atoms with E-state index in [1.807, 2.05) is 51.1 Å². The maximum atomic E-state index is 13.0. The fourth-order valence-electron chi connectivity index (χ4n) is 3.66. The van der Waals surface area contributed by atoms with E-state index in [9.17, 15) is 14.7 Å². The Hall–Kier alpha value is -2.78. The number of carbonyl (C=O) groups excluding carboxylic acids is 1. The molecular formula is C22H26N4O4S. The molecule has 1 aliphatic heterocycles. The fraction of sp³-hybridized carbons (Fsp3) is 0.455. The lowest BCUT2D eigenvalue weighted by molar-refractivity contribution is -0.0419. The highest BCUT2D eigenvalue weighted by molar-refractivity contribution is 7.13. The van der Waals surface area contributed by atoms with E-state index in [-0.39, 0.29) is 18.2 Å². The van der Waals surface area contributed by atoms with Gasteiger partial charge in [-0.3, -0.25) is 9.36 Å². The number of amides is 1. The quantitative estimate of drug-likeness (QED) is 0.669. The lowest BCUT2D eigenvalue weighted by Gasteiger charge is -2.38. The zero-order chi connectivity index (χ0) is 22.2. The summed E-state index contributed by atoms with van der Waals surface area (Å²) in [6.07, 6.45) is 1.81.